The van der Waals surface area contributed by atoms with E-state index >= 15 is 0 Å². The molecule has 0 spiro atoms. The molecule has 2 aromatic rings. The average molecular weight is 406 g/mol. The zero-order chi connectivity index (χ0) is 22.7. The van der Waals surface area contributed by atoms with Crippen molar-refractivity contribution in [2.24, 2.45) is 4.99 Å². The fraction of sp³-hybridized carbons (Fsp3) is 0.481. The molecule has 0 saturated carbocycles. The number of hydrogen-bond acceptors (Lipinski definition) is 1. The molecule has 0 fully saturated rings. The third kappa shape index (κ3) is 5.81. The summed E-state index contributed by atoms with van der Waals surface area (Å²) in [6.07, 6.45) is 1.02. The second-order valence-corrected chi connectivity index (χ2v) is 10.3. The van der Waals surface area contributed by atoms with Crippen LogP contribution in [0.15, 0.2) is 53.5 Å². The van der Waals surface area contributed by atoms with E-state index in [1.807, 2.05) is 12.1 Å². The first kappa shape index (κ1) is 23.9. The first-order valence-corrected chi connectivity index (χ1v) is 11.0. The third-order valence-electron chi connectivity index (χ3n) is 5.84. The summed E-state index contributed by atoms with van der Waals surface area (Å²) in [6, 6.07) is 17.2. The first-order chi connectivity index (χ1) is 13.8. The van der Waals surface area contributed by atoms with E-state index in [1.165, 1.54) is 11.1 Å². The molecular weight excluding hydrogens is 366 g/mol. The van der Waals surface area contributed by atoms with Gasteiger partial charge >= 0.3 is 0 Å². The normalized spacial score (nSPS) is 13.8. The van der Waals surface area contributed by atoms with Crippen LogP contribution in [-0.4, -0.2) is 29.7 Å². The minimum Gasteiger partial charge on any atom is -0.356 e. The Morgan fingerprint density at radius 2 is 1.23 bits per heavy atom. The summed E-state index contributed by atoms with van der Waals surface area (Å²) in [5, 5.41) is 8.65. The minimum absolute atomic E-state index is 0.0979. The molecule has 2 aromatic carbocycles. The Balaban J connectivity index is 2.44. The molecule has 0 radical (unpaired) electrons. The van der Waals surface area contributed by atoms with E-state index in [0.717, 1.165) is 23.4 Å². The van der Waals surface area contributed by atoms with Crippen LogP contribution in [0.1, 0.15) is 84.1 Å². The second kappa shape index (κ2) is 9.16. The predicted octanol–water partition coefficient (Wildman–Crippen LogP) is 6.78. The number of amidine groups is 2. The van der Waals surface area contributed by atoms with Gasteiger partial charge in [0.05, 0.1) is 0 Å². The van der Waals surface area contributed by atoms with Crippen LogP contribution in [0.3, 0.4) is 0 Å². The Hall–Kier alpha value is -2.42. The molecule has 2 rings (SSSR count). The van der Waals surface area contributed by atoms with Crippen molar-refractivity contribution in [2.75, 3.05) is 7.05 Å². The van der Waals surface area contributed by atoms with Crippen LogP contribution in [0.4, 0.5) is 0 Å². The van der Waals surface area contributed by atoms with Crippen LogP contribution < -0.4 is 0 Å². The molecule has 30 heavy (non-hydrogen) atoms. The van der Waals surface area contributed by atoms with Gasteiger partial charge in [0, 0.05) is 24.2 Å². The lowest BCUT2D eigenvalue weighted by Crippen LogP contribution is -2.36. The molecule has 0 unspecified atom stereocenters. The van der Waals surface area contributed by atoms with Crippen molar-refractivity contribution in [3.05, 3.63) is 70.8 Å². The Labute approximate surface area is 183 Å². The van der Waals surface area contributed by atoms with E-state index in [4.69, 9.17) is 10.4 Å². The van der Waals surface area contributed by atoms with E-state index < -0.39 is 0 Å². The van der Waals surface area contributed by atoms with Crippen molar-refractivity contribution >= 4 is 11.7 Å². The molecule has 0 aliphatic rings. The minimum atomic E-state index is 0.0979. The molecule has 0 aromatic heterocycles. The molecule has 0 aliphatic heterocycles. The Morgan fingerprint density at radius 3 is 1.60 bits per heavy atom. The van der Waals surface area contributed by atoms with Crippen LogP contribution in [0.2, 0.25) is 0 Å². The number of hydrogen-bond donors (Lipinski definition) is 1. The Morgan fingerprint density at radius 1 is 0.833 bits per heavy atom. The van der Waals surface area contributed by atoms with Gasteiger partial charge in [-0.25, -0.2) is 4.99 Å². The number of benzene rings is 2. The van der Waals surface area contributed by atoms with Gasteiger partial charge in [-0.05, 0) is 35.3 Å². The molecule has 0 bridgehead atoms. The van der Waals surface area contributed by atoms with E-state index in [9.17, 15) is 0 Å². The van der Waals surface area contributed by atoms with Gasteiger partial charge in [-0.2, -0.15) is 0 Å². The molecule has 1 N–H and O–H groups in total. The van der Waals surface area contributed by atoms with Crippen molar-refractivity contribution in [1.29, 1.82) is 5.41 Å². The highest BCUT2D eigenvalue weighted by Gasteiger charge is 2.19. The van der Waals surface area contributed by atoms with Crippen LogP contribution in [-0.2, 0) is 10.8 Å². The number of nitrogens with one attached hydrogen (secondary N) is 1. The number of rotatable bonds is 4. The number of aliphatic imine (C=N–C) groups is 1. The highest BCUT2D eigenvalue weighted by Crippen LogP contribution is 2.24. The van der Waals surface area contributed by atoms with Gasteiger partial charge in [-0.15, -0.1) is 0 Å². The van der Waals surface area contributed by atoms with Crippen LogP contribution in [0, 0.1) is 5.41 Å². The fourth-order valence-corrected chi connectivity index (χ4v) is 3.25. The smallest absolute Gasteiger partial charge is 0.154 e. The van der Waals surface area contributed by atoms with Crippen LogP contribution >= 0.6 is 0 Å². The van der Waals surface area contributed by atoms with E-state index in [-0.39, 0.29) is 10.8 Å². The van der Waals surface area contributed by atoms with Gasteiger partial charge in [-0.1, -0.05) is 97.0 Å². The summed E-state index contributed by atoms with van der Waals surface area (Å²) in [4.78, 5) is 6.98. The maximum absolute atomic E-state index is 8.65. The molecular formula is C27H39N3. The van der Waals surface area contributed by atoms with Gasteiger partial charge in [0.25, 0.3) is 0 Å². The monoisotopic (exact) mass is 405 g/mol. The average Bonchev–Trinajstić information content (AvgIpc) is 2.69. The summed E-state index contributed by atoms with van der Waals surface area (Å²) < 4.78 is 0. The Kier molecular flexibility index (Phi) is 7.28. The molecule has 1 atom stereocenters. The zero-order valence-electron chi connectivity index (χ0n) is 20.3. The zero-order valence-corrected chi connectivity index (χ0v) is 20.3. The van der Waals surface area contributed by atoms with E-state index in [0.29, 0.717) is 11.9 Å². The molecule has 3 heteroatoms. The summed E-state index contributed by atoms with van der Waals surface area (Å²) in [5.74, 6) is 1.13. The molecule has 0 heterocycles. The predicted molar refractivity (Wildman–Crippen MR) is 131 cm³/mol. The third-order valence-corrected chi connectivity index (χ3v) is 5.84. The van der Waals surface area contributed by atoms with Gasteiger partial charge in [0.1, 0.15) is 5.84 Å². The van der Waals surface area contributed by atoms with Crippen LogP contribution in [0.25, 0.3) is 0 Å². The standard InChI is InChI=1S/C27H39N3/c1-10-19(2)30(9)25(21-13-17-23(18-14-21)27(6,7)8)29-24(28)20-11-15-22(16-12-20)26(3,4)5/h11-19,28H,10H2,1-9H3/t19-/m0/s1. The van der Waals surface area contributed by atoms with Gasteiger partial charge < -0.3 is 4.90 Å². The highest BCUT2D eigenvalue weighted by atomic mass is 15.2. The van der Waals surface area contributed by atoms with Crippen molar-refractivity contribution in [2.45, 2.75) is 78.7 Å². The SMILES string of the molecule is CC[C@H](C)N(C)C(=NC(=N)c1ccc(C(C)(C)C)cc1)c1ccc(C(C)(C)C)cc1. The lowest BCUT2D eigenvalue weighted by Gasteiger charge is -2.28. The van der Waals surface area contributed by atoms with Crippen molar-refractivity contribution in [1.82, 2.24) is 4.90 Å². The number of nitrogens with zero attached hydrogens (tertiary/aromatic N) is 2. The summed E-state index contributed by atoms with van der Waals surface area (Å²) in [7, 11) is 2.07. The van der Waals surface area contributed by atoms with Gasteiger partial charge in [-0.3, -0.25) is 5.41 Å². The summed E-state index contributed by atoms with van der Waals surface area (Å²) >= 11 is 0. The lowest BCUT2D eigenvalue weighted by molar-refractivity contribution is 0.381. The highest BCUT2D eigenvalue weighted by molar-refractivity contribution is 6.10. The van der Waals surface area contributed by atoms with E-state index in [2.05, 4.69) is 104 Å². The fourth-order valence-electron chi connectivity index (χ4n) is 3.25. The second-order valence-electron chi connectivity index (χ2n) is 10.3. The largest absolute Gasteiger partial charge is 0.356 e. The lowest BCUT2D eigenvalue weighted by atomic mass is 9.86. The molecule has 0 saturated heterocycles. The van der Waals surface area contributed by atoms with Gasteiger partial charge in [0.15, 0.2) is 5.84 Å². The summed E-state index contributed by atoms with van der Waals surface area (Å²) in [6.45, 7) is 17.6. The van der Waals surface area contributed by atoms with Crippen molar-refractivity contribution < 1.29 is 0 Å². The summed E-state index contributed by atoms with van der Waals surface area (Å²) in [5.41, 5.74) is 4.65. The quantitative estimate of drug-likeness (QED) is 0.442. The first-order valence-electron chi connectivity index (χ1n) is 11.0. The topological polar surface area (TPSA) is 39.5 Å². The maximum atomic E-state index is 8.65. The Bertz CT molecular complexity index is 876. The van der Waals surface area contributed by atoms with Crippen molar-refractivity contribution in [3.63, 3.8) is 0 Å². The van der Waals surface area contributed by atoms with Crippen LogP contribution in [0.5, 0.6) is 0 Å². The molecule has 0 aliphatic carbocycles. The van der Waals surface area contributed by atoms with Gasteiger partial charge in [0.2, 0.25) is 0 Å². The molecule has 162 valence electrons. The van der Waals surface area contributed by atoms with E-state index in [1.54, 1.807) is 0 Å². The molecule has 0 amide bonds. The molecule has 3 nitrogen and oxygen atoms in total. The maximum Gasteiger partial charge on any atom is 0.154 e. The van der Waals surface area contributed by atoms with Crippen molar-refractivity contribution in [3.8, 4) is 0 Å².